The van der Waals surface area contributed by atoms with Gasteiger partial charge < -0.3 is 24.8 Å². The van der Waals surface area contributed by atoms with Gasteiger partial charge in [-0.15, -0.1) is 0 Å². The summed E-state index contributed by atoms with van der Waals surface area (Å²) in [4.78, 5) is 36.7. The zero-order valence-corrected chi connectivity index (χ0v) is 22.8. The number of hydrazone groups is 1. The van der Waals surface area contributed by atoms with E-state index < -0.39 is 11.8 Å². The zero-order valence-electron chi connectivity index (χ0n) is 22.0. The Bertz CT molecular complexity index is 1390. The minimum absolute atomic E-state index is 0.255. The number of ether oxygens (including phenoxy) is 3. The summed E-state index contributed by atoms with van der Waals surface area (Å²) in [6, 6.07) is 16.7. The van der Waals surface area contributed by atoms with Gasteiger partial charge in [0, 0.05) is 16.4 Å². The maximum Gasteiger partial charge on any atom is 0.329 e. The van der Waals surface area contributed by atoms with Gasteiger partial charge in [-0.3, -0.25) is 14.4 Å². The number of nitrogens with zero attached hydrogens (tertiary/aromatic N) is 1. The Labute approximate surface area is 237 Å². The lowest BCUT2D eigenvalue weighted by Gasteiger charge is -2.13. The lowest BCUT2D eigenvalue weighted by atomic mass is 10.2. The van der Waals surface area contributed by atoms with Crippen molar-refractivity contribution in [2.24, 2.45) is 5.10 Å². The van der Waals surface area contributed by atoms with Gasteiger partial charge in [0.05, 0.1) is 12.8 Å². The highest BCUT2D eigenvalue weighted by molar-refractivity contribution is 6.39. The van der Waals surface area contributed by atoms with E-state index in [1.165, 1.54) is 6.21 Å². The molecule has 0 fully saturated rings. The minimum atomic E-state index is -0.950. The lowest BCUT2D eigenvalue weighted by Crippen LogP contribution is -2.32. The van der Waals surface area contributed by atoms with Crippen LogP contribution in [0.5, 0.6) is 17.2 Å². The third-order valence-electron chi connectivity index (χ3n) is 5.23. The summed E-state index contributed by atoms with van der Waals surface area (Å²) >= 11 is 6.10. The number of halogens is 1. The Morgan fingerprint density at radius 1 is 0.950 bits per heavy atom. The molecule has 3 N–H and O–H groups in total. The number of hydrogen-bond donors (Lipinski definition) is 3. The molecule has 40 heavy (non-hydrogen) atoms. The lowest BCUT2D eigenvalue weighted by molar-refractivity contribution is -0.136. The third-order valence-corrected chi connectivity index (χ3v) is 5.64. The van der Waals surface area contributed by atoms with Crippen molar-refractivity contribution in [3.05, 3.63) is 89.5 Å². The SMILES string of the molecule is C=CCOc1ccc(NC(=O)C(=O)N/N=C\c2ccc(OCC(=O)Nc3cccc(Cl)c3C)c(OCC)c2)cc1. The van der Waals surface area contributed by atoms with Crippen molar-refractivity contribution < 1.29 is 28.6 Å². The van der Waals surface area contributed by atoms with Crippen molar-refractivity contribution >= 4 is 46.9 Å². The van der Waals surface area contributed by atoms with Gasteiger partial charge in [0.25, 0.3) is 5.91 Å². The summed E-state index contributed by atoms with van der Waals surface area (Å²) in [7, 11) is 0. The fourth-order valence-corrected chi connectivity index (χ4v) is 3.43. The van der Waals surface area contributed by atoms with Crippen LogP contribution in [0.1, 0.15) is 18.1 Å². The summed E-state index contributed by atoms with van der Waals surface area (Å²) in [6.07, 6.45) is 2.96. The van der Waals surface area contributed by atoms with Crippen LogP contribution in [0.25, 0.3) is 0 Å². The molecule has 0 heterocycles. The summed E-state index contributed by atoms with van der Waals surface area (Å²) in [5.41, 5.74) is 4.51. The van der Waals surface area contributed by atoms with Crippen LogP contribution in [-0.4, -0.2) is 43.8 Å². The molecule has 0 atom stereocenters. The van der Waals surface area contributed by atoms with Crippen molar-refractivity contribution in [2.75, 3.05) is 30.5 Å². The van der Waals surface area contributed by atoms with Crippen LogP contribution < -0.4 is 30.3 Å². The number of carbonyl (C=O) groups excluding carboxylic acids is 3. The van der Waals surface area contributed by atoms with Gasteiger partial charge in [0.2, 0.25) is 0 Å². The maximum atomic E-state index is 12.4. The third kappa shape index (κ3) is 8.88. The molecular formula is C29H29ClN4O6. The van der Waals surface area contributed by atoms with Gasteiger partial charge in [-0.05, 0) is 79.6 Å². The van der Waals surface area contributed by atoms with Crippen molar-refractivity contribution in [1.82, 2.24) is 5.43 Å². The normalized spacial score (nSPS) is 10.5. The van der Waals surface area contributed by atoms with E-state index >= 15 is 0 Å². The number of amides is 3. The highest BCUT2D eigenvalue weighted by atomic mass is 35.5. The molecule has 3 aromatic carbocycles. The first-order valence-electron chi connectivity index (χ1n) is 12.2. The van der Waals surface area contributed by atoms with Crippen molar-refractivity contribution in [2.45, 2.75) is 13.8 Å². The van der Waals surface area contributed by atoms with Crippen LogP contribution in [0.2, 0.25) is 5.02 Å². The Kier molecular flexibility index (Phi) is 11.1. The molecule has 0 aliphatic carbocycles. The van der Waals surface area contributed by atoms with E-state index in [1.54, 1.807) is 80.6 Å². The average Bonchev–Trinajstić information content (AvgIpc) is 2.94. The van der Waals surface area contributed by atoms with E-state index in [4.69, 9.17) is 25.8 Å². The standard InChI is InChI=1S/C29H29ClN4O6/c1-4-15-39-22-12-10-21(11-13-22)32-28(36)29(37)34-31-17-20-9-14-25(26(16-20)38-5-2)40-18-27(35)33-24-8-6-7-23(30)19(24)3/h4,6-14,16-17H,1,5,15,18H2,2-3H3,(H,32,36)(H,33,35)(H,34,37)/b31-17-. The second-order valence-corrected chi connectivity index (χ2v) is 8.57. The quantitative estimate of drug-likeness (QED) is 0.126. The first kappa shape index (κ1) is 29.7. The van der Waals surface area contributed by atoms with E-state index in [0.29, 0.717) is 52.4 Å². The van der Waals surface area contributed by atoms with Gasteiger partial charge in [-0.25, -0.2) is 5.43 Å². The largest absolute Gasteiger partial charge is 0.490 e. The smallest absolute Gasteiger partial charge is 0.329 e. The van der Waals surface area contributed by atoms with Gasteiger partial charge in [0.15, 0.2) is 18.1 Å². The molecule has 3 rings (SSSR count). The number of hydrogen-bond acceptors (Lipinski definition) is 7. The van der Waals surface area contributed by atoms with E-state index in [0.717, 1.165) is 5.56 Å². The Hall–Kier alpha value is -4.83. The van der Waals surface area contributed by atoms with Crippen LogP contribution in [-0.2, 0) is 14.4 Å². The molecule has 3 amide bonds. The Balaban J connectivity index is 1.54. The first-order valence-corrected chi connectivity index (χ1v) is 12.6. The summed E-state index contributed by atoms with van der Waals surface area (Å²) < 4.78 is 16.7. The molecule has 10 nitrogen and oxygen atoms in total. The average molecular weight is 565 g/mol. The molecule has 11 heteroatoms. The Morgan fingerprint density at radius 2 is 1.73 bits per heavy atom. The summed E-state index contributed by atoms with van der Waals surface area (Å²) in [5.74, 6) is -0.873. The molecule has 0 aromatic heterocycles. The molecule has 3 aromatic rings. The molecule has 0 aliphatic rings. The monoisotopic (exact) mass is 564 g/mol. The van der Waals surface area contributed by atoms with Gasteiger partial charge >= 0.3 is 11.8 Å². The van der Waals surface area contributed by atoms with Crippen LogP contribution in [0.3, 0.4) is 0 Å². The molecule has 0 spiro atoms. The minimum Gasteiger partial charge on any atom is -0.490 e. The molecule has 0 radical (unpaired) electrons. The van der Waals surface area contributed by atoms with E-state index in [-0.39, 0.29) is 12.5 Å². The molecule has 0 saturated carbocycles. The highest BCUT2D eigenvalue weighted by Gasteiger charge is 2.14. The molecule has 0 saturated heterocycles. The molecule has 208 valence electrons. The first-order chi connectivity index (χ1) is 19.3. The molecule has 0 bridgehead atoms. The van der Waals surface area contributed by atoms with Crippen LogP contribution >= 0.6 is 11.6 Å². The van der Waals surface area contributed by atoms with Gasteiger partial charge in [-0.2, -0.15) is 5.10 Å². The molecule has 0 aliphatic heterocycles. The van der Waals surface area contributed by atoms with Crippen molar-refractivity contribution in [3.8, 4) is 17.2 Å². The fourth-order valence-electron chi connectivity index (χ4n) is 3.26. The molecular weight excluding hydrogens is 536 g/mol. The van der Waals surface area contributed by atoms with Gasteiger partial charge in [0.1, 0.15) is 12.4 Å². The second-order valence-electron chi connectivity index (χ2n) is 8.17. The van der Waals surface area contributed by atoms with E-state index in [2.05, 4.69) is 27.7 Å². The summed E-state index contributed by atoms with van der Waals surface area (Å²) in [5, 5.41) is 9.62. The highest BCUT2D eigenvalue weighted by Crippen LogP contribution is 2.28. The second kappa shape index (κ2) is 14.9. The Morgan fingerprint density at radius 3 is 2.45 bits per heavy atom. The number of carbonyl (C=O) groups is 3. The van der Waals surface area contributed by atoms with Crippen molar-refractivity contribution in [1.29, 1.82) is 0 Å². The maximum absolute atomic E-state index is 12.4. The van der Waals surface area contributed by atoms with E-state index in [1.807, 2.05) is 0 Å². The van der Waals surface area contributed by atoms with Crippen LogP contribution in [0, 0.1) is 6.92 Å². The topological polar surface area (TPSA) is 127 Å². The van der Waals surface area contributed by atoms with Crippen molar-refractivity contribution in [3.63, 3.8) is 0 Å². The predicted octanol–water partition coefficient (Wildman–Crippen LogP) is 4.72. The number of anilines is 2. The number of rotatable bonds is 12. The fraction of sp³-hybridized carbons (Fsp3) is 0.172. The molecule has 0 unspecified atom stereocenters. The van der Waals surface area contributed by atoms with E-state index in [9.17, 15) is 14.4 Å². The number of benzene rings is 3. The van der Waals surface area contributed by atoms with Crippen LogP contribution in [0.4, 0.5) is 11.4 Å². The van der Waals surface area contributed by atoms with Gasteiger partial charge in [-0.1, -0.05) is 30.3 Å². The van der Waals surface area contributed by atoms with Crippen LogP contribution in [0.15, 0.2) is 78.4 Å². The predicted molar refractivity (Wildman–Crippen MR) is 154 cm³/mol. The zero-order chi connectivity index (χ0) is 28.9. The summed E-state index contributed by atoms with van der Waals surface area (Å²) in [6.45, 7) is 7.64. The number of nitrogens with one attached hydrogen (secondary N) is 3.